The monoisotopic (exact) mass is 488 g/mol. The number of alkyl halides is 3. The zero-order valence-electron chi connectivity index (χ0n) is 20.4. The molecule has 1 aromatic heterocycles. The summed E-state index contributed by atoms with van der Waals surface area (Å²) in [7, 11) is 2.71. The topological polar surface area (TPSA) is 65.5 Å². The Labute approximate surface area is 203 Å². The number of carbonyl (C=O) groups is 2. The molecule has 1 aliphatic carbocycles. The van der Waals surface area contributed by atoms with Gasteiger partial charge in [-0.3, -0.25) is 14.6 Å². The molecule has 2 unspecified atom stereocenters. The highest BCUT2D eigenvalue weighted by Crippen LogP contribution is 2.41. The van der Waals surface area contributed by atoms with Crippen molar-refractivity contribution in [1.29, 1.82) is 0 Å². The normalized spacial score (nSPS) is 22.5. The quantitative estimate of drug-likeness (QED) is 0.681. The van der Waals surface area contributed by atoms with Crippen LogP contribution in [-0.4, -0.2) is 59.5 Å². The van der Waals surface area contributed by atoms with Gasteiger partial charge >= 0.3 is 6.18 Å². The Balaban J connectivity index is 1.51. The molecule has 2 aromatic rings. The zero-order valence-corrected chi connectivity index (χ0v) is 20.4. The number of amides is 2. The number of pyridine rings is 1. The molecule has 1 saturated heterocycles. The fraction of sp³-hybridized carbons (Fsp3) is 0.500. The Morgan fingerprint density at radius 3 is 2.54 bits per heavy atom. The van der Waals surface area contributed by atoms with Crippen LogP contribution in [0.15, 0.2) is 42.6 Å². The SMILES string of the molecule is CN1CC(C(=O)N(C)C(c2ccc(N[C@H]3Cc4ccccc4C3(C)C)cn2)C(F)(F)F)CCC1=O. The van der Waals surface area contributed by atoms with E-state index >= 15 is 0 Å². The molecule has 2 aliphatic rings. The number of halogens is 3. The van der Waals surface area contributed by atoms with Gasteiger partial charge < -0.3 is 15.1 Å². The molecule has 1 aromatic carbocycles. The summed E-state index contributed by atoms with van der Waals surface area (Å²) in [5, 5.41) is 3.43. The second kappa shape index (κ2) is 9.17. The van der Waals surface area contributed by atoms with Crippen LogP contribution in [0.4, 0.5) is 18.9 Å². The van der Waals surface area contributed by atoms with Crippen LogP contribution in [0.5, 0.6) is 0 Å². The van der Waals surface area contributed by atoms with Crippen molar-refractivity contribution in [2.24, 2.45) is 5.92 Å². The van der Waals surface area contributed by atoms with Crippen molar-refractivity contribution in [3.05, 3.63) is 59.4 Å². The van der Waals surface area contributed by atoms with Gasteiger partial charge in [0.25, 0.3) is 0 Å². The van der Waals surface area contributed by atoms with Crippen LogP contribution < -0.4 is 5.32 Å². The Bertz CT molecular complexity index is 1100. The number of carbonyl (C=O) groups excluding carboxylic acids is 2. The Hall–Kier alpha value is -3.10. The molecule has 6 nitrogen and oxygen atoms in total. The molecule has 4 rings (SSSR count). The summed E-state index contributed by atoms with van der Waals surface area (Å²) in [6.07, 6.45) is -2.09. The Morgan fingerprint density at radius 2 is 1.94 bits per heavy atom. The number of fused-ring (bicyclic) bond motifs is 1. The van der Waals surface area contributed by atoms with Crippen molar-refractivity contribution in [2.45, 2.75) is 56.8 Å². The first-order chi connectivity index (χ1) is 16.4. The molecule has 0 saturated carbocycles. The minimum absolute atomic E-state index is 0.0706. The molecule has 1 aliphatic heterocycles. The van der Waals surface area contributed by atoms with Crippen LogP contribution in [0, 0.1) is 5.92 Å². The highest BCUT2D eigenvalue weighted by molar-refractivity contribution is 5.84. The molecule has 1 N–H and O–H groups in total. The van der Waals surface area contributed by atoms with Gasteiger partial charge in [-0.1, -0.05) is 38.1 Å². The van der Waals surface area contributed by atoms with Gasteiger partial charge in [0, 0.05) is 38.5 Å². The number of likely N-dealkylation sites (tertiary alicyclic amines) is 1. The first-order valence-corrected chi connectivity index (χ1v) is 11.8. The van der Waals surface area contributed by atoms with Crippen LogP contribution in [0.2, 0.25) is 0 Å². The van der Waals surface area contributed by atoms with Crippen LogP contribution in [0.3, 0.4) is 0 Å². The summed E-state index contributed by atoms with van der Waals surface area (Å²) in [6.45, 7) is 4.41. The second-order valence-electron chi connectivity index (χ2n) is 10.2. The van der Waals surface area contributed by atoms with E-state index in [2.05, 4.69) is 36.3 Å². The predicted molar refractivity (Wildman–Crippen MR) is 127 cm³/mol. The van der Waals surface area contributed by atoms with E-state index in [9.17, 15) is 22.8 Å². The fourth-order valence-electron chi connectivity index (χ4n) is 5.29. The van der Waals surface area contributed by atoms with Gasteiger partial charge in [0.1, 0.15) is 0 Å². The molecule has 0 spiro atoms. The van der Waals surface area contributed by atoms with Gasteiger partial charge in [-0.25, -0.2) is 0 Å². The molecule has 3 atom stereocenters. The number of hydrogen-bond acceptors (Lipinski definition) is 4. The molecule has 9 heteroatoms. The van der Waals surface area contributed by atoms with Crippen molar-refractivity contribution >= 4 is 17.5 Å². The van der Waals surface area contributed by atoms with Gasteiger partial charge in [-0.15, -0.1) is 0 Å². The van der Waals surface area contributed by atoms with Crippen molar-refractivity contribution in [3.63, 3.8) is 0 Å². The molecule has 0 radical (unpaired) electrons. The molecule has 188 valence electrons. The number of rotatable bonds is 5. The summed E-state index contributed by atoms with van der Waals surface area (Å²) >= 11 is 0. The van der Waals surface area contributed by atoms with Crippen LogP contribution >= 0.6 is 0 Å². The van der Waals surface area contributed by atoms with Gasteiger partial charge in [0.15, 0.2) is 6.04 Å². The number of hydrogen-bond donors (Lipinski definition) is 1. The van der Waals surface area contributed by atoms with Gasteiger partial charge in [0.05, 0.1) is 23.5 Å². The van der Waals surface area contributed by atoms with Gasteiger partial charge in [-0.05, 0) is 36.1 Å². The largest absolute Gasteiger partial charge is 0.414 e. The molecule has 1 fully saturated rings. The average Bonchev–Trinajstić information content (AvgIpc) is 3.05. The number of benzene rings is 1. The van der Waals surface area contributed by atoms with E-state index in [1.165, 1.54) is 28.3 Å². The maximum Gasteiger partial charge on any atom is 0.414 e. The molecular weight excluding hydrogens is 457 g/mol. The first-order valence-electron chi connectivity index (χ1n) is 11.8. The molecule has 2 heterocycles. The lowest BCUT2D eigenvalue weighted by atomic mass is 9.83. The van der Waals surface area contributed by atoms with Crippen molar-refractivity contribution in [1.82, 2.24) is 14.8 Å². The van der Waals surface area contributed by atoms with Crippen LogP contribution in [0.1, 0.15) is 49.6 Å². The summed E-state index contributed by atoms with van der Waals surface area (Å²) in [6, 6.07) is 9.05. The minimum Gasteiger partial charge on any atom is -0.380 e. The average molecular weight is 489 g/mol. The van der Waals surface area contributed by atoms with E-state index < -0.39 is 24.0 Å². The van der Waals surface area contributed by atoms with Crippen LogP contribution in [-0.2, 0) is 21.4 Å². The van der Waals surface area contributed by atoms with E-state index in [0.29, 0.717) is 5.69 Å². The van der Waals surface area contributed by atoms with E-state index in [1.54, 1.807) is 13.1 Å². The predicted octanol–water partition coefficient (Wildman–Crippen LogP) is 4.33. The molecule has 2 amide bonds. The first kappa shape index (κ1) is 25.0. The van der Waals surface area contributed by atoms with Crippen molar-refractivity contribution in [2.75, 3.05) is 26.0 Å². The standard InChI is InChI=1S/C26H31F3N4O2/c1-25(2)19-8-6-5-7-16(19)13-21(25)31-18-10-11-20(30-14-18)23(26(27,28)29)33(4)24(35)17-9-12-22(34)32(3)15-17/h5-8,10-11,14,17,21,23,31H,9,12-13,15H2,1-4H3/t17?,21-,23?/m0/s1. The highest BCUT2D eigenvalue weighted by Gasteiger charge is 2.47. The third kappa shape index (κ3) is 4.86. The highest BCUT2D eigenvalue weighted by atomic mass is 19.4. The lowest BCUT2D eigenvalue weighted by Gasteiger charge is -2.35. The second-order valence-corrected chi connectivity index (χ2v) is 10.2. The number of aromatic nitrogens is 1. The summed E-state index contributed by atoms with van der Waals surface area (Å²) in [5.41, 5.74) is 2.75. The maximum absolute atomic E-state index is 14.1. The van der Waals surface area contributed by atoms with Gasteiger partial charge in [0.2, 0.25) is 11.8 Å². The van der Waals surface area contributed by atoms with E-state index in [0.717, 1.165) is 18.4 Å². The Kier molecular flexibility index (Phi) is 6.55. The Morgan fingerprint density at radius 1 is 1.23 bits per heavy atom. The third-order valence-electron chi connectivity index (χ3n) is 7.44. The number of nitrogens with one attached hydrogen (secondary N) is 1. The number of nitrogens with zero attached hydrogens (tertiary/aromatic N) is 3. The number of anilines is 1. The van der Waals surface area contributed by atoms with E-state index in [1.807, 2.05) is 12.1 Å². The van der Waals surface area contributed by atoms with E-state index in [-0.39, 0.29) is 42.4 Å². The summed E-state index contributed by atoms with van der Waals surface area (Å²) in [4.78, 5) is 30.9. The van der Waals surface area contributed by atoms with Crippen molar-refractivity contribution < 1.29 is 22.8 Å². The molecule has 35 heavy (non-hydrogen) atoms. The fourth-order valence-corrected chi connectivity index (χ4v) is 5.29. The minimum atomic E-state index is -4.70. The number of piperidine rings is 1. The molecular formula is C26H31F3N4O2. The maximum atomic E-state index is 14.1. The third-order valence-corrected chi connectivity index (χ3v) is 7.44. The van der Waals surface area contributed by atoms with Gasteiger partial charge in [-0.2, -0.15) is 13.2 Å². The smallest absolute Gasteiger partial charge is 0.380 e. The lowest BCUT2D eigenvalue weighted by Crippen LogP contribution is -2.48. The molecule has 0 bridgehead atoms. The zero-order chi connectivity index (χ0) is 25.5. The van der Waals surface area contributed by atoms with Crippen molar-refractivity contribution in [3.8, 4) is 0 Å². The van der Waals surface area contributed by atoms with E-state index in [4.69, 9.17) is 0 Å². The summed E-state index contributed by atoms with van der Waals surface area (Å²) in [5.74, 6) is -1.41. The lowest BCUT2D eigenvalue weighted by molar-refractivity contribution is -0.192. The van der Waals surface area contributed by atoms with Crippen LogP contribution in [0.25, 0.3) is 0 Å². The summed E-state index contributed by atoms with van der Waals surface area (Å²) < 4.78 is 42.3.